The highest BCUT2D eigenvalue weighted by molar-refractivity contribution is 5.77. The molecule has 1 aliphatic carbocycles. The molecule has 0 saturated carbocycles. The Labute approximate surface area is 125 Å². The van der Waals surface area contributed by atoms with Gasteiger partial charge in [-0.05, 0) is 38.2 Å². The Kier molecular flexibility index (Phi) is 3.78. The van der Waals surface area contributed by atoms with Gasteiger partial charge in [-0.3, -0.25) is 5.41 Å². The third-order valence-corrected chi connectivity index (χ3v) is 4.26. The minimum Gasteiger partial charge on any atom is -0.388 e. The average molecular weight is 282 g/mol. The van der Waals surface area contributed by atoms with Crippen molar-refractivity contribution in [2.24, 2.45) is 5.73 Å². The van der Waals surface area contributed by atoms with Gasteiger partial charge < -0.3 is 10.3 Å². The van der Waals surface area contributed by atoms with Crippen LogP contribution in [-0.4, -0.2) is 15.4 Å². The van der Waals surface area contributed by atoms with Crippen LogP contribution >= 0.6 is 0 Å². The zero-order chi connectivity index (χ0) is 14.8. The van der Waals surface area contributed by atoms with Crippen LogP contribution in [0.2, 0.25) is 0 Å². The van der Waals surface area contributed by atoms with Crippen LogP contribution in [0.3, 0.4) is 0 Å². The van der Waals surface area contributed by atoms with Crippen molar-refractivity contribution in [2.75, 3.05) is 0 Å². The first-order valence-electron chi connectivity index (χ1n) is 7.61. The van der Waals surface area contributed by atoms with Crippen molar-refractivity contribution in [1.82, 2.24) is 9.55 Å². The molecule has 0 aliphatic heterocycles. The number of aromatic nitrogens is 2. The van der Waals surface area contributed by atoms with E-state index in [0.717, 1.165) is 18.7 Å². The Hall–Kier alpha value is -2.10. The molecule has 1 heterocycles. The largest absolute Gasteiger partial charge is 0.388 e. The van der Waals surface area contributed by atoms with E-state index in [1.54, 1.807) is 0 Å². The summed E-state index contributed by atoms with van der Waals surface area (Å²) in [7, 11) is 0. The third-order valence-electron chi connectivity index (χ3n) is 4.26. The SMILES string of the molecule is Cc1nc2c(n1C(CC(=N)N)c1ccccc1)CCCC2. The number of hydrogen-bond donors (Lipinski definition) is 2. The van der Waals surface area contributed by atoms with E-state index in [1.807, 2.05) is 18.2 Å². The average Bonchev–Trinajstić information content (AvgIpc) is 2.81. The topological polar surface area (TPSA) is 67.7 Å². The predicted octanol–water partition coefficient (Wildman–Crippen LogP) is 2.99. The number of nitrogens with one attached hydrogen (secondary N) is 1. The number of benzene rings is 1. The molecule has 4 heteroatoms. The van der Waals surface area contributed by atoms with Gasteiger partial charge in [-0.15, -0.1) is 0 Å². The molecule has 1 atom stereocenters. The first-order valence-corrected chi connectivity index (χ1v) is 7.61. The van der Waals surface area contributed by atoms with Crippen LogP contribution in [0.4, 0.5) is 0 Å². The highest BCUT2D eigenvalue weighted by Gasteiger charge is 2.24. The monoisotopic (exact) mass is 282 g/mol. The lowest BCUT2D eigenvalue weighted by atomic mass is 9.98. The Morgan fingerprint density at radius 1 is 1.29 bits per heavy atom. The standard InChI is InChI=1S/C17H22N4/c1-12-20-14-9-5-6-10-15(14)21(12)16(11-17(18)19)13-7-3-2-4-8-13/h2-4,7-8,16H,5-6,9-11H2,1H3,(H3,18,19). The Bertz CT molecular complexity index is 642. The summed E-state index contributed by atoms with van der Waals surface area (Å²) in [5.41, 5.74) is 9.49. The molecule has 110 valence electrons. The third kappa shape index (κ3) is 2.71. The quantitative estimate of drug-likeness (QED) is 0.668. The van der Waals surface area contributed by atoms with Crippen LogP contribution in [0.25, 0.3) is 0 Å². The summed E-state index contributed by atoms with van der Waals surface area (Å²) in [6.45, 7) is 2.06. The van der Waals surface area contributed by atoms with Crippen LogP contribution in [0, 0.1) is 12.3 Å². The molecule has 3 rings (SSSR count). The van der Waals surface area contributed by atoms with Crippen molar-refractivity contribution in [3.63, 3.8) is 0 Å². The summed E-state index contributed by atoms with van der Waals surface area (Å²) in [4.78, 5) is 4.76. The second-order valence-electron chi connectivity index (χ2n) is 5.79. The molecule has 1 aromatic carbocycles. The summed E-state index contributed by atoms with van der Waals surface area (Å²) in [6, 6.07) is 10.4. The van der Waals surface area contributed by atoms with E-state index < -0.39 is 0 Å². The van der Waals surface area contributed by atoms with Gasteiger partial charge in [0.15, 0.2) is 0 Å². The molecule has 1 aromatic heterocycles. The fourth-order valence-electron chi connectivity index (χ4n) is 3.35. The van der Waals surface area contributed by atoms with Gasteiger partial charge in [-0.1, -0.05) is 30.3 Å². The van der Waals surface area contributed by atoms with E-state index in [0.29, 0.717) is 6.42 Å². The van der Waals surface area contributed by atoms with Crippen LogP contribution in [-0.2, 0) is 12.8 Å². The van der Waals surface area contributed by atoms with Crippen LogP contribution in [0.15, 0.2) is 30.3 Å². The number of nitrogens with zero attached hydrogens (tertiary/aromatic N) is 2. The second kappa shape index (κ2) is 5.72. The highest BCUT2D eigenvalue weighted by atomic mass is 15.1. The number of amidine groups is 1. The maximum Gasteiger partial charge on any atom is 0.106 e. The molecule has 0 radical (unpaired) electrons. The summed E-state index contributed by atoms with van der Waals surface area (Å²) in [6.07, 6.45) is 5.14. The first-order chi connectivity index (χ1) is 10.2. The number of imidazole rings is 1. The van der Waals surface area contributed by atoms with Crippen LogP contribution < -0.4 is 5.73 Å². The summed E-state index contributed by atoms with van der Waals surface area (Å²) in [5.74, 6) is 1.26. The Balaban J connectivity index is 2.08. The van der Waals surface area contributed by atoms with Crippen molar-refractivity contribution in [3.8, 4) is 0 Å². The molecular formula is C17H22N4. The molecule has 0 bridgehead atoms. The van der Waals surface area contributed by atoms with Gasteiger partial charge in [0.1, 0.15) is 5.82 Å². The van der Waals surface area contributed by atoms with E-state index in [-0.39, 0.29) is 11.9 Å². The number of hydrogen-bond acceptors (Lipinski definition) is 2. The molecule has 0 spiro atoms. The highest BCUT2D eigenvalue weighted by Crippen LogP contribution is 2.30. The molecule has 1 aliphatic rings. The lowest BCUT2D eigenvalue weighted by Gasteiger charge is -2.24. The predicted molar refractivity (Wildman–Crippen MR) is 84.7 cm³/mol. The van der Waals surface area contributed by atoms with Gasteiger partial charge in [0.25, 0.3) is 0 Å². The number of rotatable bonds is 4. The second-order valence-corrected chi connectivity index (χ2v) is 5.79. The molecular weight excluding hydrogens is 260 g/mol. The zero-order valence-electron chi connectivity index (χ0n) is 12.5. The fraction of sp³-hybridized carbons (Fsp3) is 0.412. The molecule has 1 unspecified atom stereocenters. The molecule has 4 nitrogen and oxygen atoms in total. The van der Waals surface area contributed by atoms with Crippen molar-refractivity contribution < 1.29 is 0 Å². The lowest BCUT2D eigenvalue weighted by Crippen LogP contribution is -2.23. The molecule has 2 aromatic rings. The lowest BCUT2D eigenvalue weighted by molar-refractivity contribution is 0.541. The van der Waals surface area contributed by atoms with Crippen LogP contribution in [0.5, 0.6) is 0 Å². The van der Waals surface area contributed by atoms with Gasteiger partial charge in [0, 0.05) is 12.1 Å². The maximum absolute atomic E-state index is 7.73. The first kappa shape index (κ1) is 13.9. The molecule has 3 N–H and O–H groups in total. The Morgan fingerprint density at radius 3 is 2.71 bits per heavy atom. The summed E-state index contributed by atoms with van der Waals surface area (Å²) >= 11 is 0. The van der Waals surface area contributed by atoms with E-state index in [9.17, 15) is 0 Å². The Morgan fingerprint density at radius 2 is 2.00 bits per heavy atom. The molecule has 21 heavy (non-hydrogen) atoms. The maximum atomic E-state index is 7.73. The van der Waals surface area contributed by atoms with Crippen molar-refractivity contribution in [1.29, 1.82) is 5.41 Å². The van der Waals surface area contributed by atoms with Gasteiger partial charge in [-0.2, -0.15) is 0 Å². The van der Waals surface area contributed by atoms with E-state index in [1.165, 1.54) is 29.8 Å². The van der Waals surface area contributed by atoms with Crippen LogP contribution in [0.1, 0.15) is 48.1 Å². The van der Waals surface area contributed by atoms with E-state index >= 15 is 0 Å². The van der Waals surface area contributed by atoms with Gasteiger partial charge >= 0.3 is 0 Å². The van der Waals surface area contributed by atoms with Gasteiger partial charge in [0.05, 0.1) is 17.6 Å². The number of aryl methyl sites for hydroxylation is 2. The van der Waals surface area contributed by atoms with Crippen molar-refractivity contribution >= 4 is 5.84 Å². The minimum atomic E-state index is 0.0815. The van der Waals surface area contributed by atoms with E-state index in [4.69, 9.17) is 16.1 Å². The molecule has 0 saturated heterocycles. The van der Waals surface area contributed by atoms with Gasteiger partial charge in [0.2, 0.25) is 0 Å². The van der Waals surface area contributed by atoms with Crippen molar-refractivity contribution in [3.05, 3.63) is 53.1 Å². The smallest absolute Gasteiger partial charge is 0.106 e. The fourth-order valence-corrected chi connectivity index (χ4v) is 3.35. The molecule has 0 fully saturated rings. The zero-order valence-corrected chi connectivity index (χ0v) is 12.5. The summed E-state index contributed by atoms with van der Waals surface area (Å²) < 4.78 is 2.31. The normalized spacial score (nSPS) is 15.5. The number of nitrogens with two attached hydrogens (primary N) is 1. The number of fused-ring (bicyclic) bond motifs is 1. The van der Waals surface area contributed by atoms with E-state index in [2.05, 4.69) is 23.6 Å². The summed E-state index contributed by atoms with van der Waals surface area (Å²) in [5, 5.41) is 7.73. The van der Waals surface area contributed by atoms with Crippen molar-refractivity contribution in [2.45, 2.75) is 45.1 Å². The minimum absolute atomic E-state index is 0.0815. The molecule has 0 amide bonds. The van der Waals surface area contributed by atoms with Gasteiger partial charge in [-0.25, -0.2) is 4.98 Å².